The third-order valence-electron chi connectivity index (χ3n) is 2.05. The number of benzene rings is 1. The summed E-state index contributed by atoms with van der Waals surface area (Å²) < 4.78 is 13.2. The van der Waals surface area contributed by atoms with Crippen molar-refractivity contribution in [1.29, 1.82) is 5.26 Å². The fourth-order valence-corrected chi connectivity index (χ4v) is 1.31. The summed E-state index contributed by atoms with van der Waals surface area (Å²) in [5, 5.41) is 8.86. The van der Waals surface area contributed by atoms with Crippen LogP contribution in [-0.2, 0) is 0 Å². The van der Waals surface area contributed by atoms with Crippen LogP contribution in [0.1, 0.15) is 25.3 Å². The van der Waals surface area contributed by atoms with E-state index in [1.165, 1.54) is 6.07 Å². The molecule has 13 heavy (non-hydrogen) atoms. The zero-order valence-corrected chi connectivity index (χ0v) is 7.79. The minimum absolute atomic E-state index is 0.141. The van der Waals surface area contributed by atoms with Gasteiger partial charge in [-0.2, -0.15) is 5.26 Å². The third kappa shape index (κ3) is 2.06. The van der Waals surface area contributed by atoms with Crippen molar-refractivity contribution in [1.82, 2.24) is 0 Å². The zero-order chi connectivity index (χ0) is 9.84. The van der Waals surface area contributed by atoms with Gasteiger partial charge in [-0.3, -0.25) is 0 Å². The van der Waals surface area contributed by atoms with Gasteiger partial charge in [0, 0.05) is 5.56 Å². The summed E-state index contributed by atoms with van der Waals surface area (Å²) in [6, 6.07) is 8.57. The average Bonchev–Trinajstić information content (AvgIpc) is 2.09. The molecule has 0 spiro atoms. The first-order valence-electron chi connectivity index (χ1n) is 4.31. The predicted molar refractivity (Wildman–Crippen MR) is 49.6 cm³/mol. The number of rotatable bonds is 2. The minimum atomic E-state index is -0.346. The Morgan fingerprint density at radius 1 is 1.31 bits per heavy atom. The van der Waals surface area contributed by atoms with Gasteiger partial charge in [0.15, 0.2) is 0 Å². The van der Waals surface area contributed by atoms with Crippen LogP contribution in [-0.4, -0.2) is 0 Å². The highest BCUT2D eigenvalue weighted by Crippen LogP contribution is 2.25. The Hall–Kier alpha value is -1.36. The summed E-state index contributed by atoms with van der Waals surface area (Å²) in [7, 11) is 0. The largest absolute Gasteiger partial charge is 0.207 e. The molecule has 0 saturated heterocycles. The van der Waals surface area contributed by atoms with Gasteiger partial charge in [-0.05, 0) is 12.0 Å². The maximum absolute atomic E-state index is 13.2. The number of nitriles is 1. The molecule has 1 aromatic rings. The van der Waals surface area contributed by atoms with E-state index in [9.17, 15) is 4.39 Å². The van der Waals surface area contributed by atoms with Crippen LogP contribution in [0.15, 0.2) is 24.3 Å². The molecule has 1 atom stereocenters. The average molecular weight is 177 g/mol. The van der Waals surface area contributed by atoms with Crippen LogP contribution in [0.4, 0.5) is 4.39 Å². The number of hydrogen-bond donors (Lipinski definition) is 0. The fraction of sp³-hybridized carbons (Fsp3) is 0.364. The SMILES string of the molecule is CC(C)C(C#N)c1ccccc1F. The van der Waals surface area contributed by atoms with E-state index in [-0.39, 0.29) is 17.7 Å². The molecule has 0 amide bonds. The van der Waals surface area contributed by atoms with Crippen LogP contribution in [0, 0.1) is 23.1 Å². The molecule has 0 aliphatic carbocycles. The Bertz CT molecular complexity index is 325. The monoisotopic (exact) mass is 177 g/mol. The quantitative estimate of drug-likeness (QED) is 0.681. The van der Waals surface area contributed by atoms with Gasteiger partial charge < -0.3 is 0 Å². The van der Waals surface area contributed by atoms with Gasteiger partial charge in [0.05, 0.1) is 12.0 Å². The van der Waals surface area contributed by atoms with Crippen LogP contribution in [0.5, 0.6) is 0 Å². The zero-order valence-electron chi connectivity index (χ0n) is 7.79. The molecule has 0 N–H and O–H groups in total. The minimum Gasteiger partial charge on any atom is -0.207 e. The summed E-state index contributed by atoms with van der Waals surface area (Å²) in [6.07, 6.45) is 0. The second-order valence-corrected chi connectivity index (χ2v) is 3.37. The molecular formula is C11H12FN. The van der Waals surface area contributed by atoms with Crippen molar-refractivity contribution in [3.8, 4) is 6.07 Å². The summed E-state index contributed by atoms with van der Waals surface area (Å²) in [4.78, 5) is 0. The molecule has 0 aliphatic heterocycles. The van der Waals surface area contributed by atoms with E-state index in [2.05, 4.69) is 6.07 Å². The topological polar surface area (TPSA) is 23.8 Å². The van der Waals surface area contributed by atoms with Gasteiger partial charge in [0.2, 0.25) is 0 Å². The summed E-state index contributed by atoms with van der Waals surface area (Å²) in [5.74, 6) is -0.495. The van der Waals surface area contributed by atoms with Gasteiger partial charge in [0.1, 0.15) is 5.82 Å². The van der Waals surface area contributed by atoms with E-state index in [0.717, 1.165) is 0 Å². The molecule has 0 aromatic heterocycles. The van der Waals surface area contributed by atoms with Gasteiger partial charge in [-0.15, -0.1) is 0 Å². The van der Waals surface area contributed by atoms with Crippen molar-refractivity contribution in [2.24, 2.45) is 5.92 Å². The molecule has 0 heterocycles. The van der Waals surface area contributed by atoms with Gasteiger partial charge >= 0.3 is 0 Å². The number of nitrogens with zero attached hydrogens (tertiary/aromatic N) is 1. The maximum atomic E-state index is 13.2. The second-order valence-electron chi connectivity index (χ2n) is 3.37. The Labute approximate surface area is 77.8 Å². The molecule has 0 fully saturated rings. The van der Waals surface area contributed by atoms with E-state index in [4.69, 9.17) is 5.26 Å². The van der Waals surface area contributed by atoms with Crippen molar-refractivity contribution in [3.63, 3.8) is 0 Å². The summed E-state index contributed by atoms with van der Waals surface area (Å²) >= 11 is 0. The van der Waals surface area contributed by atoms with Crippen LogP contribution in [0.3, 0.4) is 0 Å². The van der Waals surface area contributed by atoms with Crippen molar-refractivity contribution < 1.29 is 4.39 Å². The van der Waals surface area contributed by atoms with Crippen molar-refractivity contribution >= 4 is 0 Å². The lowest BCUT2D eigenvalue weighted by Gasteiger charge is -2.13. The molecule has 0 aliphatic rings. The summed E-state index contributed by atoms with van der Waals surface area (Å²) in [6.45, 7) is 3.83. The Morgan fingerprint density at radius 3 is 2.38 bits per heavy atom. The molecule has 0 bridgehead atoms. The van der Waals surface area contributed by atoms with Gasteiger partial charge in [0.25, 0.3) is 0 Å². The predicted octanol–water partition coefficient (Wildman–Crippen LogP) is 3.09. The molecule has 1 unspecified atom stereocenters. The van der Waals surface area contributed by atoms with Crippen LogP contribution >= 0.6 is 0 Å². The maximum Gasteiger partial charge on any atom is 0.127 e. The Kier molecular flexibility index (Phi) is 3.02. The van der Waals surface area contributed by atoms with Crippen molar-refractivity contribution in [2.75, 3.05) is 0 Å². The van der Waals surface area contributed by atoms with Gasteiger partial charge in [-0.1, -0.05) is 32.0 Å². The highest BCUT2D eigenvalue weighted by molar-refractivity contribution is 5.26. The number of halogens is 1. The highest BCUT2D eigenvalue weighted by atomic mass is 19.1. The Balaban J connectivity index is 3.07. The molecule has 68 valence electrons. The molecule has 0 radical (unpaired) electrons. The lowest BCUT2D eigenvalue weighted by Crippen LogP contribution is -2.06. The highest BCUT2D eigenvalue weighted by Gasteiger charge is 2.17. The smallest absolute Gasteiger partial charge is 0.127 e. The van der Waals surface area contributed by atoms with Crippen LogP contribution in [0.25, 0.3) is 0 Å². The third-order valence-corrected chi connectivity index (χ3v) is 2.05. The van der Waals surface area contributed by atoms with Crippen molar-refractivity contribution in [3.05, 3.63) is 35.6 Å². The molecule has 1 rings (SSSR count). The first-order chi connectivity index (χ1) is 6.16. The fourth-order valence-electron chi connectivity index (χ4n) is 1.31. The van der Waals surface area contributed by atoms with Crippen molar-refractivity contribution in [2.45, 2.75) is 19.8 Å². The first-order valence-corrected chi connectivity index (χ1v) is 4.31. The lowest BCUT2D eigenvalue weighted by atomic mass is 9.89. The first kappa shape index (κ1) is 9.73. The second kappa shape index (κ2) is 4.04. The van der Waals surface area contributed by atoms with E-state index in [0.29, 0.717) is 5.56 Å². The van der Waals surface area contributed by atoms with E-state index in [1.807, 2.05) is 13.8 Å². The molecule has 0 saturated carbocycles. The normalized spacial score (nSPS) is 12.5. The van der Waals surface area contributed by atoms with E-state index < -0.39 is 0 Å². The summed E-state index contributed by atoms with van der Waals surface area (Å²) in [5.41, 5.74) is 0.500. The number of hydrogen-bond acceptors (Lipinski definition) is 1. The molecule has 2 heteroatoms. The Morgan fingerprint density at radius 2 is 1.92 bits per heavy atom. The molecule has 1 nitrogen and oxygen atoms in total. The molecular weight excluding hydrogens is 165 g/mol. The van der Waals surface area contributed by atoms with Crippen LogP contribution < -0.4 is 0 Å². The van der Waals surface area contributed by atoms with E-state index in [1.54, 1.807) is 18.2 Å². The molecule has 1 aromatic carbocycles. The van der Waals surface area contributed by atoms with Gasteiger partial charge in [-0.25, -0.2) is 4.39 Å². The standard InChI is InChI=1S/C11H12FN/c1-8(2)10(7-13)9-5-3-4-6-11(9)12/h3-6,8,10H,1-2H3. The van der Waals surface area contributed by atoms with Crippen LogP contribution in [0.2, 0.25) is 0 Å². The lowest BCUT2D eigenvalue weighted by molar-refractivity contribution is 0.540. The van der Waals surface area contributed by atoms with E-state index >= 15 is 0 Å².